The fraction of sp³-hybridized carbons (Fsp3) is 0.333. The summed E-state index contributed by atoms with van der Waals surface area (Å²) in [6, 6.07) is 6.84. The van der Waals surface area contributed by atoms with Crippen LogP contribution in [0.3, 0.4) is 0 Å². The molecule has 4 nitrogen and oxygen atoms in total. The molecule has 1 fully saturated rings. The molecule has 23 heavy (non-hydrogen) atoms. The molecule has 3 rings (SSSR count). The van der Waals surface area contributed by atoms with E-state index < -0.39 is 0 Å². The first-order valence-corrected chi connectivity index (χ1v) is 8.19. The van der Waals surface area contributed by atoms with E-state index in [0.29, 0.717) is 11.3 Å². The van der Waals surface area contributed by atoms with Gasteiger partial charge < -0.3 is 10.0 Å². The maximum absolute atomic E-state index is 12.6. The summed E-state index contributed by atoms with van der Waals surface area (Å²) in [4.78, 5) is 18.9. The molecule has 0 aliphatic carbocycles. The van der Waals surface area contributed by atoms with E-state index in [-0.39, 0.29) is 16.7 Å². The molecule has 0 radical (unpaired) electrons. The minimum absolute atomic E-state index is 0.0495. The zero-order valence-electron chi connectivity index (χ0n) is 13.1. The summed E-state index contributed by atoms with van der Waals surface area (Å²) in [6.07, 6.45) is 4.97. The van der Waals surface area contributed by atoms with Gasteiger partial charge in [0.05, 0.1) is 10.7 Å². The molecule has 120 valence electrons. The van der Waals surface area contributed by atoms with Crippen molar-refractivity contribution in [2.45, 2.75) is 26.2 Å². The maximum atomic E-state index is 12.6. The predicted octanol–water partition coefficient (Wildman–Crippen LogP) is 4.04. The number of aromatic nitrogens is 1. The van der Waals surface area contributed by atoms with Crippen molar-refractivity contribution in [2.24, 2.45) is 0 Å². The zero-order valence-corrected chi connectivity index (χ0v) is 13.8. The lowest BCUT2D eigenvalue weighted by atomic mass is 10.0. The summed E-state index contributed by atoms with van der Waals surface area (Å²) in [5.41, 5.74) is 3.01. The quantitative estimate of drug-likeness (QED) is 0.904. The third-order valence-electron chi connectivity index (χ3n) is 4.22. The van der Waals surface area contributed by atoms with Crippen LogP contribution in [0.25, 0.3) is 11.3 Å². The summed E-state index contributed by atoms with van der Waals surface area (Å²) in [7, 11) is 0. The van der Waals surface area contributed by atoms with E-state index in [4.69, 9.17) is 11.6 Å². The molecule has 1 aromatic carbocycles. The molecule has 1 N–H and O–H groups in total. The first kappa shape index (κ1) is 15.8. The first-order chi connectivity index (χ1) is 11.1. The Kier molecular flexibility index (Phi) is 4.53. The molecule has 0 unspecified atom stereocenters. The Hall–Kier alpha value is -2.07. The van der Waals surface area contributed by atoms with Crippen LogP contribution in [0.5, 0.6) is 5.75 Å². The molecule has 1 amide bonds. The summed E-state index contributed by atoms with van der Waals surface area (Å²) in [5.74, 6) is 0.101. The minimum atomic E-state index is 0.0495. The van der Waals surface area contributed by atoms with Crippen LogP contribution in [0.4, 0.5) is 0 Å². The lowest BCUT2D eigenvalue weighted by Crippen LogP contribution is -2.35. The number of phenolic OH excluding ortho intramolecular Hbond substituents is 1. The van der Waals surface area contributed by atoms with Crippen LogP contribution in [0, 0.1) is 6.92 Å². The van der Waals surface area contributed by atoms with Crippen LogP contribution in [0.15, 0.2) is 30.5 Å². The van der Waals surface area contributed by atoms with Crippen molar-refractivity contribution < 1.29 is 9.90 Å². The number of amides is 1. The van der Waals surface area contributed by atoms with Crippen molar-refractivity contribution in [3.63, 3.8) is 0 Å². The van der Waals surface area contributed by atoms with Gasteiger partial charge in [-0.15, -0.1) is 0 Å². The first-order valence-electron chi connectivity index (χ1n) is 7.81. The van der Waals surface area contributed by atoms with Gasteiger partial charge in [0.2, 0.25) is 0 Å². The molecule has 2 heterocycles. The van der Waals surface area contributed by atoms with Crippen LogP contribution in [0.2, 0.25) is 5.02 Å². The van der Waals surface area contributed by atoms with E-state index >= 15 is 0 Å². The highest BCUT2D eigenvalue weighted by molar-refractivity contribution is 6.32. The Labute approximate surface area is 140 Å². The van der Waals surface area contributed by atoms with Gasteiger partial charge in [0.25, 0.3) is 5.91 Å². The van der Waals surface area contributed by atoms with Gasteiger partial charge >= 0.3 is 0 Å². The molecule has 0 saturated carbocycles. The number of aryl methyl sites for hydroxylation is 1. The normalized spacial score (nSPS) is 14.8. The Bertz CT molecular complexity index is 740. The lowest BCUT2D eigenvalue weighted by Gasteiger charge is -2.26. The van der Waals surface area contributed by atoms with E-state index in [1.165, 1.54) is 6.42 Å². The summed E-state index contributed by atoms with van der Waals surface area (Å²) in [5, 5.41) is 9.95. The predicted molar refractivity (Wildman–Crippen MR) is 90.8 cm³/mol. The molecule has 1 aliphatic heterocycles. The number of aromatic hydroxyl groups is 1. The number of nitrogens with zero attached hydrogens (tertiary/aromatic N) is 2. The molecular weight excluding hydrogens is 312 g/mol. The number of hydrogen-bond donors (Lipinski definition) is 1. The van der Waals surface area contributed by atoms with Crippen LogP contribution in [-0.4, -0.2) is 34.0 Å². The summed E-state index contributed by atoms with van der Waals surface area (Å²) in [6.45, 7) is 3.52. The van der Waals surface area contributed by atoms with E-state index in [0.717, 1.165) is 37.1 Å². The Morgan fingerprint density at radius 1 is 1.22 bits per heavy atom. The van der Waals surface area contributed by atoms with Crippen molar-refractivity contribution in [3.05, 3.63) is 46.6 Å². The number of benzene rings is 1. The number of rotatable bonds is 2. The molecule has 2 aromatic rings. The maximum Gasteiger partial charge on any atom is 0.253 e. The van der Waals surface area contributed by atoms with Crippen LogP contribution in [-0.2, 0) is 0 Å². The number of piperidine rings is 1. The number of hydrogen-bond acceptors (Lipinski definition) is 3. The Morgan fingerprint density at radius 2 is 1.96 bits per heavy atom. The van der Waals surface area contributed by atoms with Crippen molar-refractivity contribution >= 4 is 17.5 Å². The number of phenols is 1. The van der Waals surface area contributed by atoms with Crippen LogP contribution >= 0.6 is 11.6 Å². The topological polar surface area (TPSA) is 53.4 Å². The van der Waals surface area contributed by atoms with E-state index in [1.807, 2.05) is 11.8 Å². The van der Waals surface area contributed by atoms with Gasteiger partial charge in [-0.05, 0) is 56.0 Å². The van der Waals surface area contributed by atoms with Gasteiger partial charge in [0.15, 0.2) is 0 Å². The molecule has 1 aliphatic rings. The van der Waals surface area contributed by atoms with Crippen LogP contribution < -0.4 is 0 Å². The van der Waals surface area contributed by atoms with Gasteiger partial charge in [0, 0.05) is 30.4 Å². The van der Waals surface area contributed by atoms with Crippen molar-refractivity contribution in [1.82, 2.24) is 9.88 Å². The van der Waals surface area contributed by atoms with Crippen LogP contribution in [0.1, 0.15) is 35.2 Å². The number of carbonyl (C=O) groups is 1. The molecule has 5 heteroatoms. The largest absolute Gasteiger partial charge is 0.506 e. The average molecular weight is 331 g/mol. The highest BCUT2D eigenvalue weighted by atomic mass is 35.5. The number of pyridine rings is 1. The van der Waals surface area contributed by atoms with E-state index in [1.54, 1.807) is 30.5 Å². The number of halogens is 1. The SMILES string of the molecule is Cc1cc(O)c(Cl)cc1-c1cc(C(=O)N2CCCCC2)ccn1. The third-order valence-corrected chi connectivity index (χ3v) is 4.52. The number of likely N-dealkylation sites (tertiary alicyclic amines) is 1. The van der Waals surface area contributed by atoms with Gasteiger partial charge in [-0.2, -0.15) is 0 Å². The second-order valence-electron chi connectivity index (χ2n) is 5.90. The summed E-state index contributed by atoms with van der Waals surface area (Å²) >= 11 is 6.01. The molecule has 1 aromatic heterocycles. The van der Waals surface area contributed by atoms with Gasteiger partial charge in [-0.25, -0.2) is 0 Å². The molecule has 0 bridgehead atoms. The molecule has 1 saturated heterocycles. The number of carbonyl (C=O) groups excluding carboxylic acids is 1. The second kappa shape index (κ2) is 6.59. The molecule has 0 atom stereocenters. The standard InChI is InChI=1S/C18H19ClN2O2/c1-12-9-17(22)15(19)11-14(12)16-10-13(5-6-20-16)18(23)21-7-3-2-4-8-21/h5-6,9-11,22H,2-4,7-8H2,1H3. The van der Waals surface area contributed by atoms with E-state index in [9.17, 15) is 9.90 Å². The zero-order chi connectivity index (χ0) is 16.4. The molecular formula is C18H19ClN2O2. The lowest BCUT2D eigenvalue weighted by molar-refractivity contribution is 0.0724. The van der Waals surface area contributed by atoms with Gasteiger partial charge in [0.1, 0.15) is 5.75 Å². The highest BCUT2D eigenvalue weighted by Crippen LogP contribution is 2.32. The van der Waals surface area contributed by atoms with Gasteiger partial charge in [-0.1, -0.05) is 11.6 Å². The third kappa shape index (κ3) is 3.32. The monoisotopic (exact) mass is 330 g/mol. The smallest absolute Gasteiger partial charge is 0.253 e. The Morgan fingerprint density at radius 3 is 2.70 bits per heavy atom. The molecule has 0 spiro atoms. The summed E-state index contributed by atoms with van der Waals surface area (Å²) < 4.78 is 0. The average Bonchev–Trinajstić information content (AvgIpc) is 2.58. The van der Waals surface area contributed by atoms with E-state index in [2.05, 4.69) is 4.98 Å². The van der Waals surface area contributed by atoms with Gasteiger partial charge in [-0.3, -0.25) is 9.78 Å². The van der Waals surface area contributed by atoms with Crippen molar-refractivity contribution in [2.75, 3.05) is 13.1 Å². The second-order valence-corrected chi connectivity index (χ2v) is 6.31. The fourth-order valence-corrected chi connectivity index (χ4v) is 3.10. The fourth-order valence-electron chi connectivity index (χ4n) is 2.93. The van der Waals surface area contributed by atoms with Crippen molar-refractivity contribution in [3.8, 4) is 17.0 Å². The van der Waals surface area contributed by atoms with Crippen molar-refractivity contribution in [1.29, 1.82) is 0 Å². The Balaban J connectivity index is 1.94. The minimum Gasteiger partial charge on any atom is -0.506 e. The highest BCUT2D eigenvalue weighted by Gasteiger charge is 2.19.